The van der Waals surface area contributed by atoms with Crippen molar-refractivity contribution in [1.82, 2.24) is 4.98 Å². The standard InChI is InChI=1S/C22H18ClN3/c23-19-9-5-4-8-16(19)21-17-12-15(14-6-2-1-3-7-14)10-11-20(17)26-22(25)18(21)13-24/h1-9,15H,10-12H2,(H2,25,26)/t15-/m1/s1. The summed E-state index contributed by atoms with van der Waals surface area (Å²) in [5.74, 6) is 0.696. The third-order valence-electron chi connectivity index (χ3n) is 5.12. The van der Waals surface area contributed by atoms with Crippen molar-refractivity contribution in [2.75, 3.05) is 5.73 Å². The first-order chi connectivity index (χ1) is 12.7. The molecule has 0 aliphatic heterocycles. The number of anilines is 1. The highest BCUT2D eigenvalue weighted by Crippen LogP contribution is 2.42. The number of nitrogen functional groups attached to an aromatic ring is 1. The van der Waals surface area contributed by atoms with Crippen LogP contribution in [0.25, 0.3) is 11.1 Å². The van der Waals surface area contributed by atoms with E-state index in [1.165, 1.54) is 5.56 Å². The Morgan fingerprint density at radius 2 is 1.81 bits per heavy atom. The SMILES string of the molecule is N#Cc1c(N)nc2c(c1-c1ccccc1Cl)C[C@H](c1ccccc1)CC2. The fraction of sp³-hybridized carbons (Fsp3) is 0.182. The maximum Gasteiger partial charge on any atom is 0.142 e. The second kappa shape index (κ2) is 6.82. The lowest BCUT2D eigenvalue weighted by molar-refractivity contribution is 0.576. The largest absolute Gasteiger partial charge is 0.383 e. The summed E-state index contributed by atoms with van der Waals surface area (Å²) in [5, 5.41) is 10.3. The minimum absolute atomic E-state index is 0.291. The molecule has 26 heavy (non-hydrogen) atoms. The summed E-state index contributed by atoms with van der Waals surface area (Å²) >= 11 is 6.47. The van der Waals surface area contributed by atoms with Crippen molar-refractivity contribution >= 4 is 17.4 Å². The molecule has 1 atom stereocenters. The Labute approximate surface area is 158 Å². The molecule has 0 saturated heterocycles. The zero-order valence-corrected chi connectivity index (χ0v) is 15.0. The van der Waals surface area contributed by atoms with E-state index in [0.717, 1.165) is 41.6 Å². The molecule has 1 aliphatic rings. The van der Waals surface area contributed by atoms with Crippen LogP contribution >= 0.6 is 11.6 Å². The second-order valence-electron chi connectivity index (χ2n) is 6.61. The normalized spacial score (nSPS) is 15.9. The Balaban J connectivity index is 1.91. The van der Waals surface area contributed by atoms with Crippen LogP contribution in [0.5, 0.6) is 0 Å². The van der Waals surface area contributed by atoms with Gasteiger partial charge in [0.1, 0.15) is 17.5 Å². The van der Waals surface area contributed by atoms with E-state index < -0.39 is 0 Å². The fourth-order valence-corrected chi connectivity index (χ4v) is 4.09. The van der Waals surface area contributed by atoms with Gasteiger partial charge in [0.25, 0.3) is 0 Å². The van der Waals surface area contributed by atoms with Gasteiger partial charge in [-0.1, -0.05) is 60.1 Å². The van der Waals surface area contributed by atoms with Crippen LogP contribution in [0.3, 0.4) is 0 Å². The Hall–Kier alpha value is -2.83. The van der Waals surface area contributed by atoms with Gasteiger partial charge in [0.05, 0.1) is 0 Å². The van der Waals surface area contributed by atoms with Gasteiger partial charge in [-0.2, -0.15) is 5.26 Å². The number of fused-ring (bicyclic) bond motifs is 1. The molecule has 0 radical (unpaired) electrons. The summed E-state index contributed by atoms with van der Waals surface area (Å²) in [6, 6.07) is 20.4. The molecule has 0 unspecified atom stereocenters. The third kappa shape index (κ3) is 2.83. The van der Waals surface area contributed by atoms with Gasteiger partial charge in [-0.25, -0.2) is 4.98 Å². The minimum Gasteiger partial charge on any atom is -0.383 e. The molecule has 0 bridgehead atoms. The first-order valence-electron chi connectivity index (χ1n) is 8.70. The Morgan fingerprint density at radius 1 is 1.08 bits per heavy atom. The van der Waals surface area contributed by atoms with Crippen LogP contribution in [-0.4, -0.2) is 4.98 Å². The van der Waals surface area contributed by atoms with Crippen molar-refractivity contribution in [1.29, 1.82) is 5.26 Å². The molecule has 128 valence electrons. The molecule has 2 N–H and O–H groups in total. The van der Waals surface area contributed by atoms with Crippen molar-refractivity contribution in [3.63, 3.8) is 0 Å². The van der Waals surface area contributed by atoms with Gasteiger partial charge in [0, 0.05) is 21.8 Å². The highest BCUT2D eigenvalue weighted by molar-refractivity contribution is 6.33. The monoisotopic (exact) mass is 359 g/mol. The van der Waals surface area contributed by atoms with Crippen LogP contribution < -0.4 is 5.73 Å². The second-order valence-corrected chi connectivity index (χ2v) is 7.02. The van der Waals surface area contributed by atoms with Crippen LogP contribution in [0, 0.1) is 11.3 Å². The number of nitriles is 1. The topological polar surface area (TPSA) is 62.7 Å². The first kappa shape index (κ1) is 16.6. The summed E-state index contributed by atoms with van der Waals surface area (Å²) in [6.45, 7) is 0. The number of nitrogens with zero attached hydrogens (tertiary/aromatic N) is 2. The summed E-state index contributed by atoms with van der Waals surface area (Å²) in [7, 11) is 0. The lowest BCUT2D eigenvalue weighted by Crippen LogP contribution is -2.17. The molecule has 4 heteroatoms. The molecule has 3 aromatic rings. The number of rotatable bonds is 2. The third-order valence-corrected chi connectivity index (χ3v) is 5.45. The quantitative estimate of drug-likeness (QED) is 0.690. The lowest BCUT2D eigenvalue weighted by Gasteiger charge is -2.27. The average Bonchev–Trinajstić information content (AvgIpc) is 2.68. The predicted octanol–water partition coefficient (Wildman–Crippen LogP) is 5.13. The highest BCUT2D eigenvalue weighted by atomic mass is 35.5. The maximum absolute atomic E-state index is 9.72. The van der Waals surface area contributed by atoms with Gasteiger partial charge in [-0.3, -0.25) is 0 Å². The van der Waals surface area contributed by atoms with Crippen molar-refractivity contribution in [3.8, 4) is 17.2 Å². The molecule has 1 aromatic heterocycles. The minimum atomic E-state index is 0.291. The van der Waals surface area contributed by atoms with Crippen LogP contribution in [0.4, 0.5) is 5.82 Å². The van der Waals surface area contributed by atoms with Crippen molar-refractivity contribution in [2.45, 2.75) is 25.2 Å². The summed E-state index contributed by atoms with van der Waals surface area (Å²) < 4.78 is 0. The predicted molar refractivity (Wildman–Crippen MR) is 105 cm³/mol. The van der Waals surface area contributed by atoms with E-state index in [2.05, 4.69) is 35.3 Å². The number of pyridine rings is 1. The zero-order valence-electron chi connectivity index (χ0n) is 14.2. The molecular formula is C22H18ClN3. The van der Waals surface area contributed by atoms with Gasteiger partial charge in [-0.05, 0) is 42.4 Å². The van der Waals surface area contributed by atoms with Gasteiger partial charge in [0.2, 0.25) is 0 Å². The van der Waals surface area contributed by atoms with Crippen LogP contribution in [0.1, 0.15) is 34.7 Å². The van der Waals surface area contributed by atoms with Crippen molar-refractivity contribution in [3.05, 3.63) is 82.0 Å². The molecule has 3 nitrogen and oxygen atoms in total. The number of benzene rings is 2. The molecule has 0 amide bonds. The van der Waals surface area contributed by atoms with Crippen LogP contribution in [-0.2, 0) is 12.8 Å². The van der Waals surface area contributed by atoms with E-state index in [0.29, 0.717) is 22.3 Å². The number of nitrogens with two attached hydrogens (primary N) is 1. The molecule has 1 heterocycles. The van der Waals surface area contributed by atoms with Gasteiger partial charge < -0.3 is 5.73 Å². The molecule has 1 aliphatic carbocycles. The highest BCUT2D eigenvalue weighted by Gasteiger charge is 2.27. The van der Waals surface area contributed by atoms with Gasteiger partial charge in [-0.15, -0.1) is 0 Å². The van der Waals surface area contributed by atoms with Crippen molar-refractivity contribution in [2.24, 2.45) is 0 Å². The number of aromatic nitrogens is 1. The smallest absolute Gasteiger partial charge is 0.142 e. The lowest BCUT2D eigenvalue weighted by atomic mass is 9.78. The van der Waals surface area contributed by atoms with Gasteiger partial charge in [0.15, 0.2) is 0 Å². The van der Waals surface area contributed by atoms with E-state index in [9.17, 15) is 5.26 Å². The van der Waals surface area contributed by atoms with Crippen LogP contribution in [0.2, 0.25) is 5.02 Å². The molecule has 4 rings (SSSR count). The Morgan fingerprint density at radius 3 is 2.54 bits per heavy atom. The number of halogens is 1. The zero-order chi connectivity index (χ0) is 18.1. The Kier molecular flexibility index (Phi) is 4.36. The number of hydrogen-bond donors (Lipinski definition) is 1. The maximum atomic E-state index is 9.72. The van der Waals surface area contributed by atoms with E-state index in [1.807, 2.05) is 30.3 Å². The molecule has 0 saturated carbocycles. The summed E-state index contributed by atoms with van der Waals surface area (Å²) in [6.07, 6.45) is 2.71. The Bertz CT molecular complexity index is 1010. The van der Waals surface area contributed by atoms with E-state index in [1.54, 1.807) is 0 Å². The van der Waals surface area contributed by atoms with Crippen molar-refractivity contribution < 1.29 is 0 Å². The average molecular weight is 360 g/mol. The fourth-order valence-electron chi connectivity index (χ4n) is 3.86. The van der Waals surface area contributed by atoms with Gasteiger partial charge >= 0.3 is 0 Å². The molecular weight excluding hydrogens is 342 g/mol. The summed E-state index contributed by atoms with van der Waals surface area (Å²) in [5.41, 5.74) is 11.6. The molecule has 2 aromatic carbocycles. The molecule has 0 fully saturated rings. The summed E-state index contributed by atoms with van der Waals surface area (Å²) in [4.78, 5) is 4.54. The number of hydrogen-bond acceptors (Lipinski definition) is 3. The number of aryl methyl sites for hydroxylation is 1. The van der Waals surface area contributed by atoms with Crippen LogP contribution in [0.15, 0.2) is 54.6 Å². The first-order valence-corrected chi connectivity index (χ1v) is 9.08. The van der Waals surface area contributed by atoms with E-state index in [-0.39, 0.29) is 0 Å². The van der Waals surface area contributed by atoms with E-state index >= 15 is 0 Å². The van der Waals surface area contributed by atoms with E-state index in [4.69, 9.17) is 17.3 Å². The molecule has 0 spiro atoms.